The molecule has 0 fully saturated rings. The topological polar surface area (TPSA) is 35.5 Å². The molecule has 1 aromatic carbocycles. The highest BCUT2D eigenvalue weighted by molar-refractivity contribution is 5.57. The highest BCUT2D eigenvalue weighted by Crippen LogP contribution is 2.26. The minimum absolute atomic E-state index is 0.249. The van der Waals surface area contributed by atoms with Crippen molar-refractivity contribution in [1.29, 1.82) is 0 Å². The second-order valence-electron chi connectivity index (χ2n) is 5.15. The number of nitrogens with one attached hydrogen (secondary N) is 1. The molecule has 3 heteroatoms. The van der Waals surface area contributed by atoms with Crippen LogP contribution in [0.5, 0.6) is 0 Å². The highest BCUT2D eigenvalue weighted by atomic mass is 16.3. The van der Waals surface area contributed by atoms with Crippen LogP contribution in [0.4, 0.5) is 5.69 Å². The van der Waals surface area contributed by atoms with Crippen molar-refractivity contribution < 1.29 is 5.11 Å². The molecule has 100 valence electrons. The molecule has 0 amide bonds. The van der Waals surface area contributed by atoms with Gasteiger partial charge < -0.3 is 15.3 Å². The molecule has 0 spiro atoms. The van der Waals surface area contributed by atoms with Gasteiger partial charge in [0.2, 0.25) is 0 Å². The fraction of sp³-hybridized carbons (Fsp3) is 0.600. The SMILES string of the molecule is CCN(CCO)CCc1ccc2c(c1)CC(C)N2. The lowest BCUT2D eigenvalue weighted by Gasteiger charge is -2.19. The van der Waals surface area contributed by atoms with Gasteiger partial charge in [0, 0.05) is 24.8 Å². The Hall–Kier alpha value is -1.06. The van der Waals surface area contributed by atoms with Crippen LogP contribution < -0.4 is 5.32 Å². The van der Waals surface area contributed by atoms with Gasteiger partial charge in [0.25, 0.3) is 0 Å². The van der Waals surface area contributed by atoms with Crippen LogP contribution in [0.1, 0.15) is 25.0 Å². The normalized spacial score (nSPS) is 17.9. The Bertz CT molecular complexity index is 392. The van der Waals surface area contributed by atoms with Gasteiger partial charge in [0.1, 0.15) is 0 Å². The monoisotopic (exact) mass is 248 g/mol. The number of anilines is 1. The molecule has 0 aromatic heterocycles. The van der Waals surface area contributed by atoms with Gasteiger partial charge in [0.15, 0.2) is 0 Å². The van der Waals surface area contributed by atoms with E-state index in [4.69, 9.17) is 5.11 Å². The van der Waals surface area contributed by atoms with E-state index in [1.165, 1.54) is 16.8 Å². The van der Waals surface area contributed by atoms with Gasteiger partial charge in [0.05, 0.1) is 6.61 Å². The highest BCUT2D eigenvalue weighted by Gasteiger charge is 2.16. The zero-order valence-corrected chi connectivity index (χ0v) is 11.4. The van der Waals surface area contributed by atoms with Crippen LogP contribution in [0, 0.1) is 0 Å². The summed E-state index contributed by atoms with van der Waals surface area (Å²) in [5, 5.41) is 12.4. The van der Waals surface area contributed by atoms with Crippen molar-refractivity contribution in [2.45, 2.75) is 32.7 Å². The maximum absolute atomic E-state index is 8.97. The number of hydrogen-bond donors (Lipinski definition) is 2. The van der Waals surface area contributed by atoms with Gasteiger partial charge >= 0.3 is 0 Å². The lowest BCUT2D eigenvalue weighted by molar-refractivity contribution is 0.203. The maximum Gasteiger partial charge on any atom is 0.0558 e. The number of aliphatic hydroxyl groups excluding tert-OH is 1. The van der Waals surface area contributed by atoms with Crippen LogP contribution >= 0.6 is 0 Å². The van der Waals surface area contributed by atoms with Crippen molar-refractivity contribution in [3.63, 3.8) is 0 Å². The average Bonchev–Trinajstić information content (AvgIpc) is 2.73. The van der Waals surface area contributed by atoms with Crippen molar-refractivity contribution in [2.75, 3.05) is 31.6 Å². The lowest BCUT2D eigenvalue weighted by Crippen LogP contribution is -2.28. The first-order chi connectivity index (χ1) is 8.72. The number of rotatable bonds is 6. The molecule has 1 aromatic rings. The third kappa shape index (κ3) is 3.24. The molecule has 1 aliphatic heterocycles. The first-order valence-electron chi connectivity index (χ1n) is 6.94. The minimum Gasteiger partial charge on any atom is -0.395 e. The van der Waals surface area contributed by atoms with Crippen LogP contribution in [0.2, 0.25) is 0 Å². The smallest absolute Gasteiger partial charge is 0.0558 e. The van der Waals surface area contributed by atoms with Crippen LogP contribution in [0.15, 0.2) is 18.2 Å². The number of hydrogen-bond acceptors (Lipinski definition) is 3. The summed E-state index contributed by atoms with van der Waals surface area (Å²) in [7, 11) is 0. The molecule has 2 N–H and O–H groups in total. The Morgan fingerprint density at radius 1 is 1.39 bits per heavy atom. The van der Waals surface area contributed by atoms with E-state index in [9.17, 15) is 0 Å². The molecule has 18 heavy (non-hydrogen) atoms. The van der Waals surface area contributed by atoms with E-state index in [0.29, 0.717) is 6.04 Å². The summed E-state index contributed by atoms with van der Waals surface area (Å²) in [5.74, 6) is 0. The van der Waals surface area contributed by atoms with Crippen molar-refractivity contribution in [2.24, 2.45) is 0 Å². The van der Waals surface area contributed by atoms with Crippen LogP contribution in [-0.2, 0) is 12.8 Å². The molecule has 1 unspecified atom stereocenters. The second-order valence-corrected chi connectivity index (χ2v) is 5.15. The van der Waals surface area contributed by atoms with Gasteiger partial charge in [-0.2, -0.15) is 0 Å². The number of nitrogens with zero attached hydrogens (tertiary/aromatic N) is 1. The fourth-order valence-electron chi connectivity index (χ4n) is 2.62. The van der Waals surface area contributed by atoms with E-state index in [-0.39, 0.29) is 6.61 Å². The van der Waals surface area contributed by atoms with Crippen LogP contribution in [0.25, 0.3) is 0 Å². The van der Waals surface area contributed by atoms with Crippen LogP contribution in [-0.4, -0.2) is 42.3 Å². The Kier molecular flexibility index (Phi) is 4.61. The molecule has 0 saturated carbocycles. The molecule has 1 heterocycles. The first kappa shape index (κ1) is 13.4. The average molecular weight is 248 g/mol. The van der Waals surface area contributed by atoms with Crippen molar-refractivity contribution >= 4 is 5.69 Å². The zero-order chi connectivity index (χ0) is 13.0. The van der Waals surface area contributed by atoms with Crippen molar-refractivity contribution in [3.05, 3.63) is 29.3 Å². The number of likely N-dealkylation sites (N-methyl/N-ethyl adjacent to an activating group) is 1. The van der Waals surface area contributed by atoms with E-state index < -0.39 is 0 Å². The fourth-order valence-corrected chi connectivity index (χ4v) is 2.62. The molecule has 0 radical (unpaired) electrons. The number of fused-ring (bicyclic) bond motifs is 1. The standard InChI is InChI=1S/C15H24N2O/c1-3-17(8-9-18)7-6-13-4-5-15-14(11-13)10-12(2)16-15/h4-5,11-12,16,18H,3,6-10H2,1-2H3. The third-order valence-electron chi connectivity index (χ3n) is 3.68. The lowest BCUT2D eigenvalue weighted by atomic mass is 10.0. The Balaban J connectivity index is 1.92. The van der Waals surface area contributed by atoms with E-state index in [0.717, 1.165) is 32.5 Å². The van der Waals surface area contributed by atoms with Gasteiger partial charge in [-0.3, -0.25) is 0 Å². The van der Waals surface area contributed by atoms with Crippen molar-refractivity contribution in [1.82, 2.24) is 4.90 Å². The summed E-state index contributed by atoms with van der Waals surface area (Å²) >= 11 is 0. The molecule has 0 aliphatic carbocycles. The van der Waals surface area contributed by atoms with Gasteiger partial charge in [-0.25, -0.2) is 0 Å². The summed E-state index contributed by atoms with van der Waals surface area (Å²) in [6, 6.07) is 7.32. The number of benzene rings is 1. The molecule has 1 aliphatic rings. The molecule has 1 atom stereocenters. The summed E-state index contributed by atoms with van der Waals surface area (Å²) in [6.07, 6.45) is 2.20. The predicted octanol–water partition coefficient (Wildman–Crippen LogP) is 1.90. The van der Waals surface area contributed by atoms with Gasteiger partial charge in [-0.15, -0.1) is 0 Å². The van der Waals surface area contributed by atoms with Gasteiger partial charge in [-0.05, 0) is 43.5 Å². The summed E-state index contributed by atoms with van der Waals surface area (Å²) in [6.45, 7) is 7.42. The summed E-state index contributed by atoms with van der Waals surface area (Å²) < 4.78 is 0. The Morgan fingerprint density at radius 3 is 2.94 bits per heavy atom. The first-order valence-corrected chi connectivity index (χ1v) is 6.94. The third-order valence-corrected chi connectivity index (χ3v) is 3.68. The number of aliphatic hydroxyl groups is 1. The molecular weight excluding hydrogens is 224 g/mol. The predicted molar refractivity (Wildman–Crippen MR) is 76.1 cm³/mol. The maximum atomic E-state index is 8.97. The van der Waals surface area contributed by atoms with Crippen molar-refractivity contribution in [3.8, 4) is 0 Å². The van der Waals surface area contributed by atoms with E-state index in [1.807, 2.05) is 0 Å². The van der Waals surface area contributed by atoms with E-state index in [1.54, 1.807) is 0 Å². The quantitative estimate of drug-likeness (QED) is 0.807. The Labute approximate surface area is 110 Å². The van der Waals surface area contributed by atoms with Gasteiger partial charge in [-0.1, -0.05) is 19.1 Å². The minimum atomic E-state index is 0.249. The largest absolute Gasteiger partial charge is 0.395 e. The summed E-state index contributed by atoms with van der Waals surface area (Å²) in [4.78, 5) is 2.29. The molecule has 0 saturated heterocycles. The summed E-state index contributed by atoms with van der Waals surface area (Å²) in [5.41, 5.74) is 4.15. The van der Waals surface area contributed by atoms with E-state index in [2.05, 4.69) is 42.3 Å². The zero-order valence-electron chi connectivity index (χ0n) is 11.4. The second kappa shape index (κ2) is 6.21. The molecule has 0 bridgehead atoms. The molecule has 3 nitrogen and oxygen atoms in total. The van der Waals surface area contributed by atoms with E-state index >= 15 is 0 Å². The Morgan fingerprint density at radius 2 is 2.22 bits per heavy atom. The molecule has 2 rings (SSSR count). The van der Waals surface area contributed by atoms with Crippen LogP contribution in [0.3, 0.4) is 0 Å². The molecular formula is C15H24N2O.